The molecular formula is C18H13Br2N3O4S. The van der Waals surface area contributed by atoms with Crippen LogP contribution in [0.3, 0.4) is 0 Å². The Morgan fingerprint density at radius 3 is 2.64 bits per heavy atom. The summed E-state index contributed by atoms with van der Waals surface area (Å²) < 4.78 is 7.85. The van der Waals surface area contributed by atoms with Crippen LogP contribution in [0.1, 0.15) is 22.2 Å². The van der Waals surface area contributed by atoms with Gasteiger partial charge in [0.15, 0.2) is 0 Å². The van der Waals surface area contributed by atoms with Gasteiger partial charge in [0.2, 0.25) is 0 Å². The maximum Gasteiger partial charge on any atom is 0.281 e. The Morgan fingerprint density at radius 1 is 1.29 bits per heavy atom. The Labute approximate surface area is 180 Å². The summed E-state index contributed by atoms with van der Waals surface area (Å²) >= 11 is 8.13. The molecule has 0 radical (unpaired) electrons. The van der Waals surface area contributed by atoms with Crippen LogP contribution in [-0.4, -0.2) is 23.7 Å². The van der Waals surface area contributed by atoms with Crippen LogP contribution in [0.5, 0.6) is 5.75 Å². The van der Waals surface area contributed by atoms with E-state index in [2.05, 4.69) is 42.4 Å². The Balaban J connectivity index is 1.73. The zero-order valence-corrected chi connectivity index (χ0v) is 18.4. The lowest BCUT2D eigenvalue weighted by atomic mass is 10.2. The average Bonchev–Trinajstić information content (AvgIpc) is 3.08. The van der Waals surface area contributed by atoms with Gasteiger partial charge in [-0.05, 0) is 68.6 Å². The Bertz CT molecular complexity index is 1070. The van der Waals surface area contributed by atoms with Crippen molar-refractivity contribution in [1.82, 2.24) is 5.43 Å². The molecule has 0 aliphatic rings. The number of carbonyl (C=O) groups excluding carboxylic acids is 1. The molecule has 28 heavy (non-hydrogen) atoms. The standard InChI is InChI=1S/C18H13Br2N3O4S/c1-2-27-17-13(19)5-10(6-14(17)20)9-21-22-18(24)16-8-11-7-12(23(25)26)3-4-15(11)28-16/h3-9H,2H2,1H3,(H,22,24)/b21-9-. The van der Waals surface area contributed by atoms with Crippen LogP contribution in [-0.2, 0) is 0 Å². The first kappa shape index (κ1) is 20.4. The fraction of sp³-hybridized carbons (Fsp3) is 0.111. The van der Waals surface area contributed by atoms with E-state index in [9.17, 15) is 14.9 Å². The number of carbonyl (C=O) groups is 1. The molecule has 0 spiro atoms. The number of thiophene rings is 1. The first-order chi connectivity index (χ1) is 13.4. The number of nitro benzene ring substituents is 1. The van der Waals surface area contributed by atoms with Crippen molar-refractivity contribution >= 4 is 71.1 Å². The van der Waals surface area contributed by atoms with E-state index >= 15 is 0 Å². The topological polar surface area (TPSA) is 93.8 Å². The minimum Gasteiger partial charge on any atom is -0.492 e. The molecule has 2 aromatic carbocycles. The summed E-state index contributed by atoms with van der Waals surface area (Å²) in [5.41, 5.74) is 3.22. The number of benzene rings is 2. The highest BCUT2D eigenvalue weighted by molar-refractivity contribution is 9.11. The molecule has 0 saturated carbocycles. The van der Waals surface area contributed by atoms with Crippen molar-refractivity contribution in [3.05, 3.63) is 65.9 Å². The second-order valence-corrected chi connectivity index (χ2v) is 8.33. The predicted octanol–water partition coefficient (Wildman–Crippen LogP) is 5.50. The largest absolute Gasteiger partial charge is 0.492 e. The monoisotopic (exact) mass is 525 g/mol. The maximum absolute atomic E-state index is 12.3. The van der Waals surface area contributed by atoms with Crippen LogP contribution in [0.2, 0.25) is 0 Å². The van der Waals surface area contributed by atoms with Gasteiger partial charge in [-0.15, -0.1) is 11.3 Å². The molecule has 0 bridgehead atoms. The summed E-state index contributed by atoms with van der Waals surface area (Å²) in [4.78, 5) is 23.1. The number of nitrogens with one attached hydrogen (secondary N) is 1. The number of halogens is 2. The van der Waals surface area contributed by atoms with Gasteiger partial charge in [-0.3, -0.25) is 14.9 Å². The van der Waals surface area contributed by atoms with Gasteiger partial charge in [0.05, 0.1) is 31.6 Å². The van der Waals surface area contributed by atoms with Crippen molar-refractivity contribution < 1.29 is 14.5 Å². The molecule has 1 amide bonds. The van der Waals surface area contributed by atoms with Crippen LogP contribution in [0.25, 0.3) is 10.1 Å². The van der Waals surface area contributed by atoms with E-state index in [1.54, 1.807) is 12.1 Å². The fourth-order valence-electron chi connectivity index (χ4n) is 2.41. The maximum atomic E-state index is 12.3. The number of ether oxygens (including phenoxy) is 1. The molecule has 1 N–H and O–H groups in total. The highest BCUT2D eigenvalue weighted by atomic mass is 79.9. The SMILES string of the molecule is CCOc1c(Br)cc(/C=N\NC(=O)c2cc3cc([N+](=O)[O-])ccc3s2)cc1Br. The third kappa shape index (κ3) is 4.57. The summed E-state index contributed by atoms with van der Waals surface area (Å²) in [6.07, 6.45) is 1.52. The second-order valence-electron chi connectivity index (χ2n) is 5.54. The number of fused-ring (bicyclic) bond motifs is 1. The molecular weight excluding hydrogens is 514 g/mol. The quantitative estimate of drug-likeness (QED) is 0.261. The second kappa shape index (κ2) is 8.80. The summed E-state index contributed by atoms with van der Waals surface area (Å²) in [6.45, 7) is 2.44. The first-order valence-electron chi connectivity index (χ1n) is 8.02. The summed E-state index contributed by atoms with van der Waals surface area (Å²) in [5.74, 6) is 0.312. The summed E-state index contributed by atoms with van der Waals surface area (Å²) in [6, 6.07) is 9.75. The number of nitrogens with zero attached hydrogens (tertiary/aromatic N) is 2. The zero-order valence-electron chi connectivity index (χ0n) is 14.4. The Kier molecular flexibility index (Phi) is 6.42. The average molecular weight is 527 g/mol. The first-order valence-corrected chi connectivity index (χ1v) is 10.4. The van der Waals surface area contributed by atoms with Crippen LogP contribution in [0, 0.1) is 10.1 Å². The van der Waals surface area contributed by atoms with Crippen LogP contribution >= 0.6 is 43.2 Å². The van der Waals surface area contributed by atoms with Gasteiger partial charge in [-0.2, -0.15) is 5.10 Å². The van der Waals surface area contributed by atoms with Crippen molar-refractivity contribution in [3.8, 4) is 5.75 Å². The van der Waals surface area contributed by atoms with E-state index in [-0.39, 0.29) is 11.6 Å². The number of non-ortho nitro benzene ring substituents is 1. The fourth-order valence-corrected chi connectivity index (χ4v) is 4.80. The number of rotatable bonds is 6. The third-order valence-electron chi connectivity index (χ3n) is 3.62. The van der Waals surface area contributed by atoms with Crippen molar-refractivity contribution in [3.63, 3.8) is 0 Å². The van der Waals surface area contributed by atoms with Crippen molar-refractivity contribution in [2.24, 2.45) is 5.10 Å². The molecule has 7 nitrogen and oxygen atoms in total. The molecule has 0 fully saturated rings. The molecule has 10 heteroatoms. The van der Waals surface area contributed by atoms with Crippen LogP contribution < -0.4 is 10.2 Å². The highest BCUT2D eigenvalue weighted by Crippen LogP contribution is 2.34. The van der Waals surface area contributed by atoms with E-state index in [1.165, 1.54) is 29.7 Å². The van der Waals surface area contributed by atoms with Crippen molar-refractivity contribution in [2.45, 2.75) is 6.92 Å². The zero-order chi connectivity index (χ0) is 20.3. The van der Waals surface area contributed by atoms with Crippen molar-refractivity contribution in [2.75, 3.05) is 6.61 Å². The number of hydrogen-bond donors (Lipinski definition) is 1. The van der Waals surface area contributed by atoms with E-state index < -0.39 is 4.92 Å². The molecule has 3 rings (SSSR count). The molecule has 0 saturated heterocycles. The van der Waals surface area contributed by atoms with E-state index in [1.807, 2.05) is 19.1 Å². The molecule has 0 aliphatic carbocycles. The van der Waals surface area contributed by atoms with E-state index in [0.29, 0.717) is 22.6 Å². The molecule has 0 aliphatic heterocycles. The number of amides is 1. The minimum absolute atomic E-state index is 0.0121. The van der Waals surface area contributed by atoms with Crippen molar-refractivity contribution in [1.29, 1.82) is 0 Å². The normalized spacial score (nSPS) is 11.1. The molecule has 3 aromatic rings. The summed E-state index contributed by atoms with van der Waals surface area (Å²) in [5, 5.41) is 15.5. The van der Waals surface area contributed by atoms with Crippen LogP contribution in [0.15, 0.2) is 50.4 Å². The molecule has 144 valence electrons. The lowest BCUT2D eigenvalue weighted by Gasteiger charge is -2.09. The predicted molar refractivity (Wildman–Crippen MR) is 117 cm³/mol. The Morgan fingerprint density at radius 2 is 2.00 bits per heavy atom. The molecule has 1 aromatic heterocycles. The number of hydrazone groups is 1. The van der Waals surface area contributed by atoms with Gasteiger partial charge in [0.25, 0.3) is 11.6 Å². The Hall–Kier alpha value is -2.30. The molecule has 0 atom stereocenters. The number of hydrogen-bond acceptors (Lipinski definition) is 6. The minimum atomic E-state index is -0.464. The lowest BCUT2D eigenvalue weighted by Crippen LogP contribution is -2.16. The van der Waals surface area contributed by atoms with Gasteiger partial charge in [-0.25, -0.2) is 5.43 Å². The molecule has 1 heterocycles. The highest BCUT2D eigenvalue weighted by Gasteiger charge is 2.13. The van der Waals surface area contributed by atoms with E-state index in [4.69, 9.17) is 4.74 Å². The van der Waals surface area contributed by atoms with Gasteiger partial charge < -0.3 is 4.74 Å². The van der Waals surface area contributed by atoms with E-state index in [0.717, 1.165) is 19.2 Å². The van der Waals surface area contributed by atoms with Gasteiger partial charge in [0, 0.05) is 22.2 Å². The summed E-state index contributed by atoms with van der Waals surface area (Å²) in [7, 11) is 0. The smallest absolute Gasteiger partial charge is 0.281 e. The van der Waals surface area contributed by atoms with Gasteiger partial charge in [0.1, 0.15) is 5.75 Å². The van der Waals surface area contributed by atoms with Crippen LogP contribution in [0.4, 0.5) is 5.69 Å². The number of nitro groups is 1. The molecule has 0 unspecified atom stereocenters. The third-order valence-corrected chi connectivity index (χ3v) is 5.92. The van der Waals surface area contributed by atoms with Gasteiger partial charge >= 0.3 is 0 Å². The van der Waals surface area contributed by atoms with Gasteiger partial charge in [-0.1, -0.05) is 0 Å². The lowest BCUT2D eigenvalue weighted by molar-refractivity contribution is -0.384.